The fourth-order valence-electron chi connectivity index (χ4n) is 1.87. The summed E-state index contributed by atoms with van der Waals surface area (Å²) in [6.07, 6.45) is 5.13. The Kier molecular flexibility index (Phi) is 5.15. The molecule has 0 spiro atoms. The number of nitrogens with zero attached hydrogens (tertiary/aromatic N) is 2. The number of aromatic nitrogens is 2. The van der Waals surface area contributed by atoms with Gasteiger partial charge in [0.05, 0.1) is 17.8 Å². The molecule has 1 unspecified atom stereocenters. The summed E-state index contributed by atoms with van der Waals surface area (Å²) in [5.74, 6) is 0. The molecule has 98 valence electrons. The lowest BCUT2D eigenvalue weighted by Crippen LogP contribution is -2.41. The van der Waals surface area contributed by atoms with E-state index < -0.39 is 0 Å². The average Bonchev–Trinajstić information content (AvgIpc) is 2.78. The van der Waals surface area contributed by atoms with Crippen LogP contribution in [-0.4, -0.2) is 29.0 Å². The zero-order valence-electron chi connectivity index (χ0n) is 11.7. The van der Waals surface area contributed by atoms with Gasteiger partial charge in [-0.2, -0.15) is 5.10 Å². The molecule has 0 bridgehead atoms. The lowest BCUT2D eigenvalue weighted by Gasteiger charge is -2.33. The Labute approximate surface area is 104 Å². The third-order valence-electron chi connectivity index (χ3n) is 3.13. The maximum atomic E-state index is 5.59. The number of methoxy groups -OCH3 is 1. The fraction of sp³-hybridized carbons (Fsp3) is 0.769. The zero-order chi connectivity index (χ0) is 12.9. The van der Waals surface area contributed by atoms with Crippen molar-refractivity contribution in [3.63, 3.8) is 0 Å². The number of rotatable bonds is 7. The summed E-state index contributed by atoms with van der Waals surface area (Å²) in [6.45, 7) is 10.3. The molecule has 4 heteroatoms. The van der Waals surface area contributed by atoms with E-state index in [9.17, 15) is 0 Å². The largest absolute Gasteiger partial charge is 0.377 e. The van der Waals surface area contributed by atoms with Gasteiger partial charge in [0.2, 0.25) is 0 Å². The van der Waals surface area contributed by atoms with Crippen LogP contribution < -0.4 is 5.32 Å². The molecule has 0 saturated heterocycles. The minimum atomic E-state index is -0.239. The SMILES string of the molecule is CCCNC(c1cnn(CC)c1)C(C)(C)OC. The number of aryl methyl sites for hydroxylation is 1. The minimum Gasteiger partial charge on any atom is -0.377 e. The van der Waals surface area contributed by atoms with E-state index in [4.69, 9.17) is 4.74 Å². The summed E-state index contributed by atoms with van der Waals surface area (Å²) >= 11 is 0. The molecule has 1 aromatic rings. The molecule has 0 aliphatic rings. The van der Waals surface area contributed by atoms with Gasteiger partial charge in [-0.15, -0.1) is 0 Å². The van der Waals surface area contributed by atoms with Gasteiger partial charge in [-0.3, -0.25) is 4.68 Å². The van der Waals surface area contributed by atoms with Crippen LogP contribution in [0.25, 0.3) is 0 Å². The Morgan fingerprint density at radius 3 is 2.65 bits per heavy atom. The zero-order valence-corrected chi connectivity index (χ0v) is 11.7. The minimum absolute atomic E-state index is 0.174. The number of nitrogens with one attached hydrogen (secondary N) is 1. The topological polar surface area (TPSA) is 39.1 Å². The first-order chi connectivity index (χ1) is 8.05. The third-order valence-corrected chi connectivity index (χ3v) is 3.13. The van der Waals surface area contributed by atoms with Crippen LogP contribution in [0.3, 0.4) is 0 Å². The van der Waals surface area contributed by atoms with E-state index in [1.807, 2.05) is 10.9 Å². The van der Waals surface area contributed by atoms with Gasteiger partial charge in [-0.25, -0.2) is 0 Å². The second-order valence-electron chi connectivity index (χ2n) is 4.82. The van der Waals surface area contributed by atoms with Crippen molar-refractivity contribution in [2.75, 3.05) is 13.7 Å². The quantitative estimate of drug-likeness (QED) is 0.794. The molecule has 0 radical (unpaired) electrons. The van der Waals surface area contributed by atoms with Crippen LogP contribution in [0.5, 0.6) is 0 Å². The monoisotopic (exact) mass is 239 g/mol. The van der Waals surface area contributed by atoms with Crippen molar-refractivity contribution in [3.05, 3.63) is 18.0 Å². The highest BCUT2D eigenvalue weighted by Gasteiger charge is 2.31. The summed E-state index contributed by atoms with van der Waals surface area (Å²) in [6, 6.07) is 0.174. The molecule has 0 saturated carbocycles. The molecule has 4 nitrogen and oxygen atoms in total. The van der Waals surface area contributed by atoms with Gasteiger partial charge in [0.15, 0.2) is 0 Å². The number of ether oxygens (including phenoxy) is 1. The standard InChI is InChI=1S/C13H25N3O/c1-6-8-14-12(13(3,4)17-5)11-9-15-16(7-2)10-11/h9-10,12,14H,6-8H2,1-5H3. The van der Waals surface area contributed by atoms with Crippen LogP contribution in [0.1, 0.15) is 45.7 Å². The summed E-state index contributed by atoms with van der Waals surface area (Å²) in [7, 11) is 1.75. The molecule has 0 aromatic carbocycles. The third kappa shape index (κ3) is 3.54. The number of hydrogen-bond donors (Lipinski definition) is 1. The van der Waals surface area contributed by atoms with Gasteiger partial charge in [0.25, 0.3) is 0 Å². The van der Waals surface area contributed by atoms with Crippen LogP contribution in [0, 0.1) is 0 Å². The van der Waals surface area contributed by atoms with E-state index >= 15 is 0 Å². The maximum Gasteiger partial charge on any atom is 0.0817 e. The van der Waals surface area contributed by atoms with Crippen molar-refractivity contribution in [1.29, 1.82) is 0 Å². The van der Waals surface area contributed by atoms with E-state index in [0.717, 1.165) is 19.5 Å². The summed E-state index contributed by atoms with van der Waals surface area (Å²) in [4.78, 5) is 0. The smallest absolute Gasteiger partial charge is 0.0817 e. The predicted octanol–water partition coefficient (Wildman–Crippen LogP) is 2.37. The Hall–Kier alpha value is -0.870. The van der Waals surface area contributed by atoms with E-state index in [-0.39, 0.29) is 11.6 Å². The molecule has 0 aliphatic heterocycles. The summed E-state index contributed by atoms with van der Waals surface area (Å²) in [5.41, 5.74) is 0.948. The van der Waals surface area contributed by atoms with Crippen molar-refractivity contribution >= 4 is 0 Å². The summed E-state index contributed by atoms with van der Waals surface area (Å²) in [5, 5.41) is 7.87. The second-order valence-corrected chi connectivity index (χ2v) is 4.82. The molecular formula is C13H25N3O. The first-order valence-electron chi connectivity index (χ1n) is 6.36. The first-order valence-corrected chi connectivity index (χ1v) is 6.36. The van der Waals surface area contributed by atoms with Gasteiger partial charge < -0.3 is 10.1 Å². The second kappa shape index (κ2) is 6.17. The number of hydrogen-bond acceptors (Lipinski definition) is 3. The molecule has 0 fully saturated rings. The Morgan fingerprint density at radius 1 is 1.47 bits per heavy atom. The Balaban J connectivity index is 2.89. The van der Waals surface area contributed by atoms with E-state index in [0.29, 0.717) is 0 Å². The van der Waals surface area contributed by atoms with Crippen molar-refractivity contribution in [2.45, 2.75) is 52.3 Å². The normalized spacial score (nSPS) is 13.9. The van der Waals surface area contributed by atoms with Crippen molar-refractivity contribution < 1.29 is 4.74 Å². The van der Waals surface area contributed by atoms with Crippen LogP contribution >= 0.6 is 0 Å². The lowest BCUT2D eigenvalue weighted by atomic mass is 9.93. The van der Waals surface area contributed by atoms with Gasteiger partial charge in [-0.05, 0) is 33.7 Å². The maximum absolute atomic E-state index is 5.59. The van der Waals surface area contributed by atoms with Gasteiger partial charge in [0, 0.05) is 25.4 Å². The summed E-state index contributed by atoms with van der Waals surface area (Å²) < 4.78 is 7.54. The average molecular weight is 239 g/mol. The molecule has 0 amide bonds. The highest BCUT2D eigenvalue weighted by molar-refractivity contribution is 5.15. The molecule has 0 aliphatic carbocycles. The molecule has 1 rings (SSSR count). The lowest BCUT2D eigenvalue weighted by molar-refractivity contribution is -0.0111. The molecule has 1 atom stereocenters. The van der Waals surface area contributed by atoms with Gasteiger partial charge in [0.1, 0.15) is 0 Å². The molecule has 1 aromatic heterocycles. The van der Waals surface area contributed by atoms with E-state index in [2.05, 4.69) is 44.3 Å². The Bertz CT molecular complexity index is 333. The van der Waals surface area contributed by atoms with Crippen LogP contribution in [0.15, 0.2) is 12.4 Å². The molecule has 1 heterocycles. The highest BCUT2D eigenvalue weighted by atomic mass is 16.5. The Morgan fingerprint density at radius 2 is 2.18 bits per heavy atom. The van der Waals surface area contributed by atoms with Gasteiger partial charge in [-0.1, -0.05) is 6.92 Å². The van der Waals surface area contributed by atoms with Crippen molar-refractivity contribution in [3.8, 4) is 0 Å². The molecular weight excluding hydrogens is 214 g/mol. The van der Waals surface area contributed by atoms with E-state index in [1.54, 1.807) is 7.11 Å². The van der Waals surface area contributed by atoms with E-state index in [1.165, 1.54) is 5.56 Å². The van der Waals surface area contributed by atoms with Crippen LogP contribution in [-0.2, 0) is 11.3 Å². The van der Waals surface area contributed by atoms with Crippen LogP contribution in [0.4, 0.5) is 0 Å². The fourth-order valence-corrected chi connectivity index (χ4v) is 1.87. The highest BCUT2D eigenvalue weighted by Crippen LogP contribution is 2.28. The first kappa shape index (κ1) is 14.2. The molecule has 1 N–H and O–H groups in total. The van der Waals surface area contributed by atoms with Crippen molar-refractivity contribution in [2.24, 2.45) is 0 Å². The van der Waals surface area contributed by atoms with Crippen LogP contribution in [0.2, 0.25) is 0 Å². The van der Waals surface area contributed by atoms with Crippen molar-refractivity contribution in [1.82, 2.24) is 15.1 Å². The van der Waals surface area contributed by atoms with Gasteiger partial charge >= 0.3 is 0 Å². The molecule has 17 heavy (non-hydrogen) atoms. The predicted molar refractivity (Wildman–Crippen MR) is 70.0 cm³/mol.